The number of carbonyl (C=O) groups excluding carboxylic acids is 2. The Bertz CT molecular complexity index is 440. The van der Waals surface area contributed by atoms with E-state index in [1.165, 1.54) is 14.0 Å². The number of benzene rings is 1. The van der Waals surface area contributed by atoms with Crippen molar-refractivity contribution in [1.29, 1.82) is 0 Å². The first-order valence-corrected chi connectivity index (χ1v) is 6.16. The van der Waals surface area contributed by atoms with Crippen LogP contribution < -0.4 is 0 Å². The molecule has 1 atom stereocenters. The zero-order valence-corrected chi connectivity index (χ0v) is 11.3. The smallest absolute Gasteiger partial charge is 0.323 e. The highest BCUT2D eigenvalue weighted by Gasteiger charge is 2.24. The highest BCUT2D eigenvalue weighted by molar-refractivity contribution is 8.14. The number of hydrogen-bond acceptors (Lipinski definition) is 4. The summed E-state index contributed by atoms with van der Waals surface area (Å²) < 4.78 is 4.73. The van der Waals surface area contributed by atoms with Crippen LogP contribution in [0, 0.1) is 13.8 Å². The van der Waals surface area contributed by atoms with Crippen LogP contribution in [0.15, 0.2) is 18.2 Å². The van der Waals surface area contributed by atoms with Gasteiger partial charge in [0.2, 0.25) is 0 Å². The summed E-state index contributed by atoms with van der Waals surface area (Å²) in [4.78, 5) is 22.8. The third kappa shape index (κ3) is 3.60. The summed E-state index contributed by atoms with van der Waals surface area (Å²) in [7, 11) is 1.33. The van der Waals surface area contributed by atoms with Gasteiger partial charge in [0.15, 0.2) is 5.12 Å². The number of methoxy groups -OCH3 is 1. The molecule has 0 aliphatic rings. The molecule has 0 N–H and O–H groups in total. The van der Waals surface area contributed by atoms with Crippen LogP contribution in [-0.2, 0) is 14.3 Å². The van der Waals surface area contributed by atoms with Gasteiger partial charge in [0.1, 0.15) is 5.25 Å². The average molecular weight is 252 g/mol. The molecule has 0 aliphatic carbocycles. The van der Waals surface area contributed by atoms with Crippen LogP contribution in [0.3, 0.4) is 0 Å². The van der Waals surface area contributed by atoms with Crippen molar-refractivity contribution in [3.8, 4) is 0 Å². The normalized spacial score (nSPS) is 12.0. The predicted octanol–water partition coefficient (Wildman–Crippen LogP) is 2.80. The average Bonchev–Trinajstić information content (AvgIpc) is 2.28. The highest BCUT2D eigenvalue weighted by Crippen LogP contribution is 2.31. The molecule has 0 aliphatic heterocycles. The molecule has 0 heterocycles. The van der Waals surface area contributed by atoms with E-state index in [4.69, 9.17) is 4.74 Å². The lowest BCUT2D eigenvalue weighted by Crippen LogP contribution is -2.13. The lowest BCUT2D eigenvalue weighted by molar-refractivity contribution is -0.140. The van der Waals surface area contributed by atoms with Crippen molar-refractivity contribution in [2.45, 2.75) is 26.0 Å². The van der Waals surface area contributed by atoms with Gasteiger partial charge in [-0.15, -0.1) is 0 Å². The summed E-state index contributed by atoms with van der Waals surface area (Å²) in [5, 5.41) is -0.671. The van der Waals surface area contributed by atoms with Gasteiger partial charge in [0.25, 0.3) is 0 Å². The third-order valence-electron chi connectivity index (χ3n) is 2.53. The van der Waals surface area contributed by atoms with Crippen LogP contribution >= 0.6 is 11.8 Å². The molecule has 1 unspecified atom stereocenters. The fraction of sp³-hybridized carbons (Fsp3) is 0.385. The third-order valence-corrected chi connectivity index (χ3v) is 3.57. The molecule has 1 aromatic rings. The Balaban J connectivity index is 3.07. The molecule has 3 nitrogen and oxygen atoms in total. The van der Waals surface area contributed by atoms with E-state index in [0.29, 0.717) is 0 Å². The standard InChI is InChI=1S/C13H16O3S/c1-8-5-6-11(7-9(8)2)12(13(15)16-4)17-10(3)14/h5-7,12H,1-4H3. The van der Waals surface area contributed by atoms with Crippen LogP contribution in [0.25, 0.3) is 0 Å². The summed E-state index contributed by atoms with van der Waals surface area (Å²) in [6.45, 7) is 5.43. The van der Waals surface area contributed by atoms with E-state index in [9.17, 15) is 9.59 Å². The molecule has 1 aromatic carbocycles. The van der Waals surface area contributed by atoms with Gasteiger partial charge in [-0.05, 0) is 30.5 Å². The van der Waals surface area contributed by atoms with Crippen molar-refractivity contribution in [2.24, 2.45) is 0 Å². The molecule has 4 heteroatoms. The number of carbonyl (C=O) groups is 2. The van der Waals surface area contributed by atoms with Gasteiger partial charge in [-0.2, -0.15) is 0 Å². The van der Waals surface area contributed by atoms with Crippen molar-refractivity contribution in [2.75, 3.05) is 7.11 Å². The summed E-state index contributed by atoms with van der Waals surface area (Å²) in [5.41, 5.74) is 3.06. The lowest BCUT2D eigenvalue weighted by atomic mass is 10.0. The number of aryl methyl sites for hydroxylation is 2. The molecule has 0 spiro atoms. The summed E-state index contributed by atoms with van der Waals surface area (Å²) in [5.74, 6) is -0.395. The van der Waals surface area contributed by atoms with E-state index in [-0.39, 0.29) is 5.12 Å². The van der Waals surface area contributed by atoms with Crippen LogP contribution in [0.4, 0.5) is 0 Å². The molecule has 1 rings (SSSR count). The largest absolute Gasteiger partial charge is 0.468 e. The van der Waals surface area contributed by atoms with Gasteiger partial charge in [0.05, 0.1) is 7.11 Å². The Kier molecular flexibility index (Phi) is 4.75. The Morgan fingerprint density at radius 2 is 1.88 bits per heavy atom. The lowest BCUT2D eigenvalue weighted by Gasteiger charge is -2.14. The van der Waals surface area contributed by atoms with Crippen molar-refractivity contribution < 1.29 is 14.3 Å². The Morgan fingerprint density at radius 3 is 2.35 bits per heavy atom. The fourth-order valence-corrected chi connectivity index (χ4v) is 2.26. The van der Waals surface area contributed by atoms with Crippen molar-refractivity contribution in [1.82, 2.24) is 0 Å². The fourth-order valence-electron chi connectivity index (χ4n) is 1.45. The summed E-state index contributed by atoms with van der Waals surface area (Å²) in [6, 6.07) is 5.73. The Morgan fingerprint density at radius 1 is 1.24 bits per heavy atom. The number of esters is 1. The zero-order valence-electron chi connectivity index (χ0n) is 10.4. The van der Waals surface area contributed by atoms with Crippen LogP contribution in [0.5, 0.6) is 0 Å². The maximum Gasteiger partial charge on any atom is 0.323 e. The molecule has 0 saturated heterocycles. The molecule has 92 valence electrons. The second-order valence-corrected chi connectivity index (χ2v) is 5.14. The van der Waals surface area contributed by atoms with Crippen molar-refractivity contribution in [3.63, 3.8) is 0 Å². The van der Waals surface area contributed by atoms with E-state index in [2.05, 4.69) is 0 Å². The first-order chi connectivity index (χ1) is 7.95. The van der Waals surface area contributed by atoms with Gasteiger partial charge in [-0.3, -0.25) is 9.59 Å². The monoisotopic (exact) mass is 252 g/mol. The second kappa shape index (κ2) is 5.87. The Hall–Kier alpha value is -1.29. The molecule has 0 saturated carbocycles. The van der Waals surface area contributed by atoms with Gasteiger partial charge < -0.3 is 4.74 Å². The maximum atomic E-state index is 11.6. The first kappa shape index (κ1) is 13.8. The Labute approximate surface area is 106 Å². The summed E-state index contributed by atoms with van der Waals surface area (Å²) in [6.07, 6.45) is 0. The van der Waals surface area contributed by atoms with Gasteiger partial charge >= 0.3 is 5.97 Å². The highest BCUT2D eigenvalue weighted by atomic mass is 32.2. The topological polar surface area (TPSA) is 43.4 Å². The van der Waals surface area contributed by atoms with Crippen molar-refractivity contribution in [3.05, 3.63) is 34.9 Å². The SMILES string of the molecule is COC(=O)C(SC(C)=O)c1ccc(C)c(C)c1. The molecule has 0 bridgehead atoms. The minimum atomic E-state index is -0.572. The van der Waals surface area contributed by atoms with E-state index < -0.39 is 11.2 Å². The second-order valence-electron chi connectivity index (χ2n) is 3.86. The quantitative estimate of drug-likeness (QED) is 0.776. The van der Waals surface area contributed by atoms with E-state index in [0.717, 1.165) is 28.5 Å². The van der Waals surface area contributed by atoms with Crippen LogP contribution in [0.1, 0.15) is 28.9 Å². The molecule has 0 radical (unpaired) electrons. The maximum absolute atomic E-state index is 11.6. The molecular weight excluding hydrogens is 236 g/mol. The number of hydrogen-bond donors (Lipinski definition) is 0. The minimum Gasteiger partial charge on any atom is -0.468 e. The van der Waals surface area contributed by atoms with E-state index >= 15 is 0 Å². The molecule has 0 aromatic heterocycles. The van der Waals surface area contributed by atoms with E-state index in [1.54, 1.807) is 0 Å². The molecule has 0 amide bonds. The number of thioether (sulfide) groups is 1. The van der Waals surface area contributed by atoms with E-state index in [1.807, 2.05) is 32.0 Å². The molecule has 0 fully saturated rings. The van der Waals surface area contributed by atoms with Crippen LogP contribution in [-0.4, -0.2) is 18.2 Å². The molecular formula is C13H16O3S. The van der Waals surface area contributed by atoms with Crippen molar-refractivity contribution >= 4 is 22.8 Å². The van der Waals surface area contributed by atoms with Gasteiger partial charge in [0, 0.05) is 6.92 Å². The zero-order chi connectivity index (χ0) is 13.0. The number of rotatable bonds is 3. The summed E-state index contributed by atoms with van der Waals surface area (Å²) >= 11 is 0.986. The minimum absolute atomic E-state index is 0.0985. The molecule has 17 heavy (non-hydrogen) atoms. The van der Waals surface area contributed by atoms with Crippen LogP contribution in [0.2, 0.25) is 0 Å². The van der Waals surface area contributed by atoms with Gasteiger partial charge in [-0.25, -0.2) is 0 Å². The predicted molar refractivity (Wildman–Crippen MR) is 68.9 cm³/mol. The number of ether oxygens (including phenoxy) is 1. The van der Waals surface area contributed by atoms with Gasteiger partial charge in [-0.1, -0.05) is 30.0 Å². The first-order valence-electron chi connectivity index (χ1n) is 5.28.